The fraction of sp³-hybridized carbons (Fsp3) is 0.667. The Bertz CT molecular complexity index is 397. The maximum Gasteiger partial charge on any atom is 0.0779 e. The molecule has 0 aliphatic carbocycles. The van der Waals surface area contributed by atoms with Crippen LogP contribution in [0.2, 0.25) is 0 Å². The number of rotatable bonds is 8. The highest BCUT2D eigenvalue weighted by Gasteiger charge is 2.32. The van der Waals surface area contributed by atoms with Crippen molar-refractivity contribution in [1.82, 2.24) is 5.32 Å². The molecule has 1 N–H and O–H groups in total. The number of hydrogen-bond donors (Lipinski definition) is 1. The first kappa shape index (κ1) is 18.7. The predicted octanol–water partition coefficient (Wildman–Crippen LogP) is 4.81. The molecule has 0 aliphatic heterocycles. The summed E-state index contributed by atoms with van der Waals surface area (Å²) in [5.74, 6) is 0. The summed E-state index contributed by atoms with van der Waals surface area (Å²) in [7, 11) is 0. The van der Waals surface area contributed by atoms with Crippen molar-refractivity contribution in [3.63, 3.8) is 0 Å². The standard InChI is InChI=1S/C18H30BrNO/c1-6-12-20-16(17(21-7-2)18(3,4)5)13-14-8-10-15(19)11-9-14/h8-11,16-17,20H,6-7,12-13H2,1-5H3. The van der Waals surface area contributed by atoms with E-state index in [0.717, 1.165) is 30.5 Å². The summed E-state index contributed by atoms with van der Waals surface area (Å²) in [6, 6.07) is 8.94. The van der Waals surface area contributed by atoms with Crippen molar-refractivity contribution in [2.24, 2.45) is 5.41 Å². The molecule has 0 bridgehead atoms. The minimum Gasteiger partial charge on any atom is -0.376 e. The SMILES string of the molecule is CCCNC(Cc1ccc(Br)cc1)C(OCC)C(C)(C)C. The Kier molecular flexibility index (Phi) is 7.93. The predicted molar refractivity (Wildman–Crippen MR) is 94.8 cm³/mol. The molecule has 0 aliphatic rings. The molecule has 2 unspecified atom stereocenters. The maximum atomic E-state index is 6.09. The molecule has 0 saturated carbocycles. The first-order valence-corrected chi connectivity index (χ1v) is 8.77. The molecule has 21 heavy (non-hydrogen) atoms. The number of halogens is 1. The second-order valence-electron chi connectivity index (χ2n) is 6.63. The average Bonchev–Trinajstić information content (AvgIpc) is 2.42. The molecule has 2 atom stereocenters. The van der Waals surface area contributed by atoms with Gasteiger partial charge in [0.2, 0.25) is 0 Å². The fourth-order valence-electron chi connectivity index (χ4n) is 2.64. The van der Waals surface area contributed by atoms with Crippen molar-refractivity contribution in [2.45, 2.75) is 59.6 Å². The maximum absolute atomic E-state index is 6.09. The van der Waals surface area contributed by atoms with Gasteiger partial charge in [-0.15, -0.1) is 0 Å². The van der Waals surface area contributed by atoms with Gasteiger partial charge in [0.1, 0.15) is 0 Å². The Morgan fingerprint density at radius 1 is 1.14 bits per heavy atom. The fourth-order valence-corrected chi connectivity index (χ4v) is 2.90. The third kappa shape index (κ3) is 6.50. The Labute approximate surface area is 138 Å². The summed E-state index contributed by atoms with van der Waals surface area (Å²) in [6.07, 6.45) is 2.34. The van der Waals surface area contributed by atoms with E-state index >= 15 is 0 Å². The van der Waals surface area contributed by atoms with Crippen LogP contribution in [0.4, 0.5) is 0 Å². The van der Waals surface area contributed by atoms with Crippen LogP contribution in [0, 0.1) is 5.41 Å². The highest BCUT2D eigenvalue weighted by molar-refractivity contribution is 9.10. The third-order valence-electron chi connectivity index (χ3n) is 3.59. The summed E-state index contributed by atoms with van der Waals surface area (Å²) in [4.78, 5) is 0. The lowest BCUT2D eigenvalue weighted by Crippen LogP contribution is -2.49. The number of ether oxygens (including phenoxy) is 1. The zero-order valence-electron chi connectivity index (χ0n) is 14.1. The number of benzene rings is 1. The Balaban J connectivity index is 2.88. The molecule has 1 aromatic carbocycles. The lowest BCUT2D eigenvalue weighted by molar-refractivity contribution is -0.0355. The van der Waals surface area contributed by atoms with Gasteiger partial charge in [-0.3, -0.25) is 0 Å². The third-order valence-corrected chi connectivity index (χ3v) is 4.12. The van der Waals surface area contributed by atoms with Crippen molar-refractivity contribution in [3.05, 3.63) is 34.3 Å². The molecule has 0 radical (unpaired) electrons. The number of nitrogens with one attached hydrogen (secondary N) is 1. The molecule has 1 rings (SSSR count). The van der Waals surface area contributed by atoms with Crippen molar-refractivity contribution >= 4 is 15.9 Å². The lowest BCUT2D eigenvalue weighted by Gasteiger charge is -2.37. The van der Waals surface area contributed by atoms with Gasteiger partial charge in [0.25, 0.3) is 0 Å². The van der Waals surface area contributed by atoms with E-state index in [1.807, 2.05) is 0 Å². The monoisotopic (exact) mass is 355 g/mol. The van der Waals surface area contributed by atoms with E-state index in [4.69, 9.17) is 4.74 Å². The summed E-state index contributed by atoms with van der Waals surface area (Å²) >= 11 is 3.50. The summed E-state index contributed by atoms with van der Waals surface area (Å²) in [6.45, 7) is 12.8. The lowest BCUT2D eigenvalue weighted by atomic mass is 9.82. The smallest absolute Gasteiger partial charge is 0.0779 e. The molecular weight excluding hydrogens is 326 g/mol. The summed E-state index contributed by atoms with van der Waals surface area (Å²) < 4.78 is 7.22. The van der Waals surface area contributed by atoms with Crippen LogP contribution in [0.25, 0.3) is 0 Å². The molecule has 0 amide bonds. The van der Waals surface area contributed by atoms with Gasteiger partial charge < -0.3 is 10.1 Å². The van der Waals surface area contributed by atoms with Gasteiger partial charge in [0.15, 0.2) is 0 Å². The van der Waals surface area contributed by atoms with Gasteiger partial charge in [0, 0.05) is 17.1 Å². The normalized spacial score (nSPS) is 15.0. The Morgan fingerprint density at radius 2 is 1.76 bits per heavy atom. The van der Waals surface area contributed by atoms with E-state index in [9.17, 15) is 0 Å². The van der Waals surface area contributed by atoms with Crippen LogP contribution in [-0.4, -0.2) is 25.3 Å². The zero-order valence-corrected chi connectivity index (χ0v) is 15.7. The molecule has 0 spiro atoms. The molecule has 3 heteroatoms. The minimum absolute atomic E-state index is 0.122. The van der Waals surface area contributed by atoms with Crippen LogP contribution < -0.4 is 5.32 Å². The van der Waals surface area contributed by atoms with Gasteiger partial charge in [0.05, 0.1) is 6.10 Å². The summed E-state index contributed by atoms with van der Waals surface area (Å²) in [5.41, 5.74) is 1.47. The van der Waals surface area contributed by atoms with Crippen LogP contribution in [0.15, 0.2) is 28.7 Å². The van der Waals surface area contributed by atoms with Gasteiger partial charge in [-0.2, -0.15) is 0 Å². The van der Waals surface area contributed by atoms with Crippen LogP contribution in [0.1, 0.15) is 46.6 Å². The van der Waals surface area contributed by atoms with Crippen LogP contribution >= 0.6 is 15.9 Å². The summed E-state index contributed by atoms with van der Waals surface area (Å²) in [5, 5.41) is 3.69. The molecule has 0 saturated heterocycles. The van der Waals surface area contributed by atoms with Crippen molar-refractivity contribution in [3.8, 4) is 0 Å². The second kappa shape index (κ2) is 8.92. The largest absolute Gasteiger partial charge is 0.376 e. The Morgan fingerprint density at radius 3 is 2.24 bits per heavy atom. The van der Waals surface area contributed by atoms with Crippen molar-refractivity contribution in [2.75, 3.05) is 13.2 Å². The van der Waals surface area contributed by atoms with Gasteiger partial charge >= 0.3 is 0 Å². The second-order valence-corrected chi connectivity index (χ2v) is 7.55. The van der Waals surface area contributed by atoms with E-state index in [-0.39, 0.29) is 11.5 Å². The zero-order chi connectivity index (χ0) is 15.9. The highest BCUT2D eigenvalue weighted by Crippen LogP contribution is 2.27. The van der Waals surface area contributed by atoms with Crippen molar-refractivity contribution in [1.29, 1.82) is 0 Å². The van der Waals surface area contributed by atoms with E-state index in [1.54, 1.807) is 0 Å². The first-order valence-electron chi connectivity index (χ1n) is 7.97. The van der Waals surface area contributed by atoms with Gasteiger partial charge in [-0.1, -0.05) is 55.8 Å². The topological polar surface area (TPSA) is 21.3 Å². The molecule has 0 heterocycles. The van der Waals surface area contributed by atoms with E-state index < -0.39 is 0 Å². The highest BCUT2D eigenvalue weighted by atomic mass is 79.9. The molecule has 1 aromatic rings. The quantitative estimate of drug-likeness (QED) is 0.722. The van der Waals surface area contributed by atoms with Crippen molar-refractivity contribution < 1.29 is 4.74 Å². The molecule has 0 fully saturated rings. The van der Waals surface area contributed by atoms with Gasteiger partial charge in [-0.05, 0) is 49.4 Å². The average molecular weight is 356 g/mol. The van der Waals surface area contributed by atoms with Crippen LogP contribution in [0.5, 0.6) is 0 Å². The molecule has 2 nitrogen and oxygen atoms in total. The molecule has 120 valence electrons. The first-order chi connectivity index (χ1) is 9.88. The van der Waals surface area contributed by atoms with E-state index in [2.05, 4.69) is 80.1 Å². The minimum atomic E-state index is 0.122. The van der Waals surface area contributed by atoms with Crippen LogP contribution in [-0.2, 0) is 11.2 Å². The van der Waals surface area contributed by atoms with Crippen LogP contribution in [0.3, 0.4) is 0 Å². The van der Waals surface area contributed by atoms with E-state index in [1.165, 1.54) is 5.56 Å². The molecule has 0 aromatic heterocycles. The molecular formula is C18H30BrNO. The number of hydrogen-bond acceptors (Lipinski definition) is 2. The Hall–Kier alpha value is -0.380. The van der Waals surface area contributed by atoms with Gasteiger partial charge in [-0.25, -0.2) is 0 Å². The van der Waals surface area contributed by atoms with E-state index in [0.29, 0.717) is 6.04 Å².